The first-order chi connectivity index (χ1) is 7.40. The Morgan fingerprint density at radius 3 is 2.73 bits per heavy atom. The molecule has 0 aromatic heterocycles. The van der Waals surface area contributed by atoms with Crippen molar-refractivity contribution in [3.63, 3.8) is 0 Å². The summed E-state index contributed by atoms with van der Waals surface area (Å²) in [4.78, 5) is 0. The Bertz CT molecular complexity index is 288. The molecule has 0 bridgehead atoms. The summed E-state index contributed by atoms with van der Waals surface area (Å²) in [6, 6.07) is 9.17. The maximum Gasteiger partial charge on any atom is 0.0422 e. The van der Waals surface area contributed by atoms with Crippen molar-refractivity contribution in [2.75, 3.05) is 18.8 Å². The van der Waals surface area contributed by atoms with E-state index < -0.39 is 0 Å². The highest BCUT2D eigenvalue weighted by Crippen LogP contribution is 2.30. The summed E-state index contributed by atoms with van der Waals surface area (Å²) < 4.78 is 0. The van der Waals surface area contributed by atoms with Gasteiger partial charge in [0.25, 0.3) is 0 Å². The maximum atomic E-state index is 3.45. The number of benzene rings is 1. The Labute approximate surface area is 96.7 Å². The quantitative estimate of drug-likeness (QED) is 0.842. The van der Waals surface area contributed by atoms with Crippen LogP contribution in [0.2, 0.25) is 0 Å². The summed E-state index contributed by atoms with van der Waals surface area (Å²) in [7, 11) is 0. The molecule has 0 spiro atoms. The molecule has 1 heterocycles. The van der Waals surface area contributed by atoms with Gasteiger partial charge in [-0.3, -0.25) is 0 Å². The van der Waals surface area contributed by atoms with Gasteiger partial charge in [-0.05, 0) is 17.5 Å². The van der Waals surface area contributed by atoms with E-state index in [1.54, 1.807) is 0 Å². The van der Waals surface area contributed by atoms with Gasteiger partial charge in [0.1, 0.15) is 0 Å². The first kappa shape index (κ1) is 11.0. The van der Waals surface area contributed by atoms with Crippen LogP contribution in [-0.4, -0.2) is 18.8 Å². The van der Waals surface area contributed by atoms with Gasteiger partial charge >= 0.3 is 0 Å². The Hall–Kier alpha value is -0.470. The molecular weight excluding hydrogens is 202 g/mol. The minimum absolute atomic E-state index is 0.662. The van der Waals surface area contributed by atoms with Crippen LogP contribution in [-0.2, 0) is 6.42 Å². The molecule has 1 saturated heterocycles. The zero-order valence-corrected chi connectivity index (χ0v) is 10.1. The highest BCUT2D eigenvalue weighted by atomic mass is 32.2. The third-order valence-corrected chi connectivity index (χ3v) is 4.10. The summed E-state index contributed by atoms with van der Waals surface area (Å²) in [5.41, 5.74) is 2.95. The van der Waals surface area contributed by atoms with E-state index in [4.69, 9.17) is 0 Å². The third kappa shape index (κ3) is 2.99. The molecule has 1 aliphatic rings. The summed E-state index contributed by atoms with van der Waals surface area (Å²) in [5, 5.41) is 4.11. The summed E-state index contributed by atoms with van der Waals surface area (Å²) >= 11 is 2.07. The van der Waals surface area contributed by atoms with E-state index in [0.717, 1.165) is 13.1 Å². The molecule has 82 valence electrons. The molecule has 15 heavy (non-hydrogen) atoms. The molecule has 1 fully saturated rings. The van der Waals surface area contributed by atoms with Crippen LogP contribution >= 0.6 is 11.8 Å². The van der Waals surface area contributed by atoms with E-state index in [2.05, 4.69) is 48.3 Å². The van der Waals surface area contributed by atoms with Crippen molar-refractivity contribution < 1.29 is 0 Å². The van der Waals surface area contributed by atoms with Crippen LogP contribution in [0.25, 0.3) is 0 Å². The molecule has 1 unspecified atom stereocenters. The highest BCUT2D eigenvalue weighted by Gasteiger charge is 2.14. The number of hydrogen-bond acceptors (Lipinski definition) is 2. The molecule has 2 rings (SSSR count). The number of aryl methyl sites for hydroxylation is 1. The third-order valence-electron chi connectivity index (χ3n) is 2.82. The fourth-order valence-corrected chi connectivity index (χ4v) is 3.10. The second-order valence-corrected chi connectivity index (χ2v) is 5.37. The van der Waals surface area contributed by atoms with Crippen molar-refractivity contribution in [3.8, 4) is 0 Å². The second kappa shape index (κ2) is 5.57. The Morgan fingerprint density at radius 2 is 2.13 bits per heavy atom. The normalized spacial score (nSPS) is 21.5. The van der Waals surface area contributed by atoms with Gasteiger partial charge in [-0.1, -0.05) is 37.6 Å². The zero-order chi connectivity index (χ0) is 10.5. The van der Waals surface area contributed by atoms with Crippen LogP contribution in [0, 0.1) is 0 Å². The Morgan fingerprint density at radius 1 is 1.33 bits per heavy atom. The highest BCUT2D eigenvalue weighted by molar-refractivity contribution is 7.99. The SMILES string of the molecule is CCCc1ccc(C2CNCCS2)cc1. The van der Waals surface area contributed by atoms with Gasteiger partial charge in [0, 0.05) is 24.1 Å². The summed E-state index contributed by atoms with van der Waals surface area (Å²) in [6.45, 7) is 4.52. The second-order valence-electron chi connectivity index (χ2n) is 4.06. The fourth-order valence-electron chi connectivity index (χ4n) is 1.97. The van der Waals surface area contributed by atoms with E-state index in [-0.39, 0.29) is 0 Å². The minimum Gasteiger partial charge on any atom is -0.314 e. The van der Waals surface area contributed by atoms with Crippen LogP contribution in [0.15, 0.2) is 24.3 Å². The molecule has 1 nitrogen and oxygen atoms in total. The lowest BCUT2D eigenvalue weighted by Gasteiger charge is -2.22. The lowest BCUT2D eigenvalue weighted by Crippen LogP contribution is -2.28. The molecule has 1 aromatic carbocycles. The van der Waals surface area contributed by atoms with Crippen LogP contribution in [0.3, 0.4) is 0 Å². The first-order valence-corrected chi connectivity index (χ1v) is 6.86. The fraction of sp³-hybridized carbons (Fsp3) is 0.538. The van der Waals surface area contributed by atoms with Crippen molar-refractivity contribution in [1.29, 1.82) is 0 Å². The molecule has 0 radical (unpaired) electrons. The van der Waals surface area contributed by atoms with Crippen LogP contribution in [0.5, 0.6) is 0 Å². The summed E-state index contributed by atoms with van der Waals surface area (Å²) in [5.74, 6) is 1.24. The molecule has 0 amide bonds. The smallest absolute Gasteiger partial charge is 0.0422 e. The molecule has 1 aliphatic heterocycles. The van der Waals surface area contributed by atoms with Crippen LogP contribution < -0.4 is 5.32 Å². The van der Waals surface area contributed by atoms with Crippen molar-refractivity contribution >= 4 is 11.8 Å². The Kier molecular flexibility index (Phi) is 4.09. The van der Waals surface area contributed by atoms with Crippen molar-refractivity contribution in [1.82, 2.24) is 5.32 Å². The molecule has 2 heteroatoms. The summed E-state index contributed by atoms with van der Waals surface area (Å²) in [6.07, 6.45) is 2.44. The van der Waals surface area contributed by atoms with Gasteiger partial charge in [0.15, 0.2) is 0 Å². The largest absolute Gasteiger partial charge is 0.314 e. The van der Waals surface area contributed by atoms with E-state index in [0.29, 0.717) is 5.25 Å². The lowest BCUT2D eigenvalue weighted by atomic mass is 10.1. The van der Waals surface area contributed by atoms with E-state index in [9.17, 15) is 0 Å². The molecule has 1 N–H and O–H groups in total. The first-order valence-electron chi connectivity index (χ1n) is 5.81. The molecule has 1 aromatic rings. The Balaban J connectivity index is 2.02. The van der Waals surface area contributed by atoms with Gasteiger partial charge in [0.2, 0.25) is 0 Å². The average Bonchev–Trinajstić information content (AvgIpc) is 2.32. The van der Waals surface area contributed by atoms with Crippen molar-refractivity contribution in [2.45, 2.75) is 25.0 Å². The monoisotopic (exact) mass is 221 g/mol. The molecular formula is C13H19NS. The van der Waals surface area contributed by atoms with Crippen molar-refractivity contribution in [2.24, 2.45) is 0 Å². The zero-order valence-electron chi connectivity index (χ0n) is 9.33. The van der Waals surface area contributed by atoms with Gasteiger partial charge in [-0.15, -0.1) is 0 Å². The number of rotatable bonds is 3. The standard InChI is InChI=1S/C13H19NS/c1-2-3-11-4-6-12(7-5-11)13-10-14-8-9-15-13/h4-7,13-14H,2-3,8-10H2,1H3. The van der Waals surface area contributed by atoms with Gasteiger partial charge in [-0.25, -0.2) is 0 Å². The number of thioether (sulfide) groups is 1. The molecule has 0 aliphatic carbocycles. The molecule has 0 saturated carbocycles. The van der Waals surface area contributed by atoms with Gasteiger partial charge < -0.3 is 5.32 Å². The lowest BCUT2D eigenvalue weighted by molar-refractivity contribution is 0.689. The predicted octanol–water partition coefficient (Wildman–Crippen LogP) is 3.02. The van der Waals surface area contributed by atoms with Crippen molar-refractivity contribution in [3.05, 3.63) is 35.4 Å². The van der Waals surface area contributed by atoms with E-state index in [1.807, 2.05) is 0 Å². The van der Waals surface area contributed by atoms with Gasteiger partial charge in [-0.2, -0.15) is 11.8 Å². The maximum absolute atomic E-state index is 3.45. The van der Waals surface area contributed by atoms with E-state index >= 15 is 0 Å². The predicted molar refractivity (Wildman–Crippen MR) is 68.5 cm³/mol. The number of nitrogens with one attached hydrogen (secondary N) is 1. The minimum atomic E-state index is 0.662. The molecule has 1 atom stereocenters. The average molecular weight is 221 g/mol. The topological polar surface area (TPSA) is 12.0 Å². The van der Waals surface area contributed by atoms with E-state index in [1.165, 1.54) is 29.7 Å². The van der Waals surface area contributed by atoms with Gasteiger partial charge in [0.05, 0.1) is 0 Å². The van der Waals surface area contributed by atoms with Crippen LogP contribution in [0.1, 0.15) is 29.7 Å². The number of hydrogen-bond donors (Lipinski definition) is 1. The van der Waals surface area contributed by atoms with Crippen LogP contribution in [0.4, 0.5) is 0 Å².